The molecule has 1 atom stereocenters. The highest BCUT2D eigenvalue weighted by Crippen LogP contribution is 2.44. The maximum Gasteiger partial charge on any atom is 0.350 e. The summed E-state index contributed by atoms with van der Waals surface area (Å²) in [4.78, 5) is 32.6. The number of carboxylic acids is 1. The van der Waals surface area contributed by atoms with Gasteiger partial charge >= 0.3 is 5.69 Å². The number of carboxylic acid groups (broad SMARTS) is 1. The number of rotatable bonds is 9. The topological polar surface area (TPSA) is 191 Å². The van der Waals surface area contributed by atoms with Crippen molar-refractivity contribution >= 4 is 11.8 Å². The van der Waals surface area contributed by atoms with Crippen LogP contribution in [0.2, 0.25) is 0 Å². The van der Waals surface area contributed by atoms with Gasteiger partial charge in [0.25, 0.3) is 11.9 Å². The molecule has 4 aromatic rings. The van der Waals surface area contributed by atoms with Crippen LogP contribution in [0, 0.1) is 11.2 Å². The maximum absolute atomic E-state index is 15.8. The fourth-order valence-electron chi connectivity index (χ4n) is 3.84. The van der Waals surface area contributed by atoms with Gasteiger partial charge in [-0.1, -0.05) is 24.3 Å². The van der Waals surface area contributed by atoms with Crippen LogP contribution >= 0.6 is 0 Å². The monoisotopic (exact) mass is 553 g/mol. The Kier molecular flexibility index (Phi) is 9.52. The van der Waals surface area contributed by atoms with Crippen LogP contribution in [0.15, 0.2) is 53.6 Å². The summed E-state index contributed by atoms with van der Waals surface area (Å²) in [6, 6.07) is 10.0. The first-order valence-electron chi connectivity index (χ1n) is 11.7. The van der Waals surface area contributed by atoms with E-state index in [2.05, 4.69) is 20.1 Å². The Balaban J connectivity index is 0.00000103. The fraction of sp³-hybridized carbons (Fsp3) is 0.231. The lowest BCUT2D eigenvalue weighted by atomic mass is 9.90. The Hall–Kier alpha value is -5.27. The normalized spacial score (nSPS) is 11.1. The number of nitrogens with two attached hydrogens (primary N) is 1. The summed E-state index contributed by atoms with van der Waals surface area (Å²) in [7, 11) is 4.13. The molecule has 0 spiro atoms. The van der Waals surface area contributed by atoms with Gasteiger partial charge < -0.3 is 25.1 Å². The molecular weight excluding hydrogens is 525 g/mol. The maximum atomic E-state index is 15.8. The molecule has 0 saturated carbocycles. The predicted molar refractivity (Wildman–Crippen MR) is 142 cm³/mol. The number of hydrogen-bond donors (Lipinski definition) is 4. The molecule has 4 rings (SSSR count). The second-order valence-corrected chi connectivity index (χ2v) is 8.21. The molecule has 1 unspecified atom stereocenters. The molecule has 0 aliphatic carbocycles. The van der Waals surface area contributed by atoms with E-state index >= 15 is 4.39 Å². The molecule has 0 aliphatic heterocycles. The van der Waals surface area contributed by atoms with Gasteiger partial charge in [0.05, 0.1) is 27.2 Å². The molecule has 14 heteroatoms. The molecule has 2 aromatic carbocycles. The molecule has 5 N–H and O–H groups in total. The standard InChI is InChI=1S/C24H24FN7O4.C2H4O2/c1-34-17-12-15(18(25)20(36-3)19(17)35-2)16(11-13-5-7-14(8-6-13)21(26)27)22-30-24(33)32(31-22)23-28-9-4-10-29-23;1-2(3)4/h4-10,12,16H,11H2,1-3H3,(H3,26,27)(H,30,31,33);1H3,(H,3,4). The molecule has 2 heterocycles. The first kappa shape index (κ1) is 29.3. The van der Waals surface area contributed by atoms with E-state index < -0.39 is 23.4 Å². The van der Waals surface area contributed by atoms with Gasteiger partial charge in [0.15, 0.2) is 11.6 Å². The van der Waals surface area contributed by atoms with Crippen LogP contribution in [0.5, 0.6) is 17.2 Å². The lowest BCUT2D eigenvalue weighted by molar-refractivity contribution is -0.134. The van der Waals surface area contributed by atoms with Crippen molar-refractivity contribution in [3.05, 3.63) is 87.6 Å². The number of halogens is 1. The molecule has 0 fully saturated rings. The van der Waals surface area contributed by atoms with Crippen molar-refractivity contribution < 1.29 is 28.5 Å². The van der Waals surface area contributed by atoms with Crippen molar-refractivity contribution in [3.63, 3.8) is 0 Å². The number of benzene rings is 2. The van der Waals surface area contributed by atoms with Crippen LogP contribution in [0.4, 0.5) is 4.39 Å². The Bertz CT molecular complexity index is 1530. The van der Waals surface area contributed by atoms with Gasteiger partial charge in [-0.2, -0.15) is 0 Å². The van der Waals surface area contributed by atoms with Gasteiger partial charge in [-0.15, -0.1) is 9.78 Å². The largest absolute Gasteiger partial charge is 0.493 e. The summed E-state index contributed by atoms with van der Waals surface area (Å²) >= 11 is 0. The number of aromatic nitrogens is 5. The second kappa shape index (κ2) is 13.0. The van der Waals surface area contributed by atoms with Gasteiger partial charge in [0, 0.05) is 30.4 Å². The Labute approximate surface area is 227 Å². The Morgan fingerprint density at radius 1 is 1.12 bits per heavy atom. The average Bonchev–Trinajstić information content (AvgIpc) is 3.33. The summed E-state index contributed by atoms with van der Waals surface area (Å²) in [5.74, 6) is -1.92. The van der Waals surface area contributed by atoms with Crippen LogP contribution in [0.3, 0.4) is 0 Å². The quantitative estimate of drug-likeness (QED) is 0.177. The Morgan fingerprint density at radius 2 is 1.73 bits per heavy atom. The summed E-state index contributed by atoms with van der Waals surface area (Å²) in [6.45, 7) is 1.08. The summed E-state index contributed by atoms with van der Waals surface area (Å²) < 4.78 is 32.8. The molecule has 0 amide bonds. The third-order valence-electron chi connectivity index (χ3n) is 5.58. The number of nitrogens with one attached hydrogen (secondary N) is 2. The number of carbonyl (C=O) groups is 1. The number of methoxy groups -OCH3 is 3. The molecule has 2 aromatic heterocycles. The number of ether oxygens (including phenoxy) is 3. The predicted octanol–water partition coefficient (Wildman–Crippen LogP) is 2.27. The molecule has 0 radical (unpaired) electrons. The minimum atomic E-state index is -0.833. The lowest BCUT2D eigenvalue weighted by Crippen LogP contribution is -2.18. The van der Waals surface area contributed by atoms with Crippen LogP contribution in [-0.4, -0.2) is 63.0 Å². The molecule has 0 saturated heterocycles. The van der Waals surface area contributed by atoms with Crippen LogP contribution in [0.25, 0.3) is 5.95 Å². The summed E-state index contributed by atoms with van der Waals surface area (Å²) in [5.41, 5.74) is 6.47. The molecule has 0 bridgehead atoms. The van der Waals surface area contributed by atoms with Crippen LogP contribution < -0.4 is 25.6 Å². The van der Waals surface area contributed by atoms with Gasteiger partial charge in [0.2, 0.25) is 11.5 Å². The van der Waals surface area contributed by atoms with Crippen molar-refractivity contribution in [2.75, 3.05) is 21.3 Å². The van der Waals surface area contributed by atoms with E-state index in [0.29, 0.717) is 5.56 Å². The van der Waals surface area contributed by atoms with E-state index in [-0.39, 0.29) is 46.8 Å². The number of aliphatic carboxylic acids is 1. The average molecular weight is 554 g/mol. The third-order valence-corrected chi connectivity index (χ3v) is 5.58. The zero-order valence-electron chi connectivity index (χ0n) is 22.1. The number of hydrogen-bond acceptors (Lipinski definition) is 9. The van der Waals surface area contributed by atoms with E-state index in [1.54, 1.807) is 30.3 Å². The Morgan fingerprint density at radius 3 is 2.25 bits per heavy atom. The number of nitrogen functional groups attached to an aromatic ring is 1. The van der Waals surface area contributed by atoms with E-state index in [0.717, 1.165) is 17.2 Å². The molecule has 40 heavy (non-hydrogen) atoms. The zero-order chi connectivity index (χ0) is 29.4. The number of H-pyrrole nitrogens is 1. The van der Waals surface area contributed by atoms with Gasteiger partial charge in [-0.05, 0) is 24.1 Å². The lowest BCUT2D eigenvalue weighted by Gasteiger charge is -2.20. The highest BCUT2D eigenvalue weighted by molar-refractivity contribution is 5.94. The highest BCUT2D eigenvalue weighted by Gasteiger charge is 2.29. The fourth-order valence-corrected chi connectivity index (χ4v) is 3.84. The third kappa shape index (κ3) is 6.59. The van der Waals surface area contributed by atoms with Crippen molar-refractivity contribution in [1.82, 2.24) is 24.7 Å². The first-order chi connectivity index (χ1) is 19.1. The van der Waals surface area contributed by atoms with Gasteiger partial charge in [0.1, 0.15) is 11.7 Å². The van der Waals surface area contributed by atoms with Gasteiger partial charge in [-0.3, -0.25) is 15.2 Å². The second-order valence-electron chi connectivity index (χ2n) is 8.21. The zero-order valence-corrected chi connectivity index (χ0v) is 22.1. The number of aromatic amines is 1. The number of nitrogens with zero attached hydrogens (tertiary/aromatic N) is 4. The van der Waals surface area contributed by atoms with E-state index in [9.17, 15) is 4.79 Å². The van der Waals surface area contributed by atoms with E-state index in [1.165, 1.54) is 39.8 Å². The SMILES string of the molecule is CC(=O)O.COc1cc(C(Cc2ccc(C(=N)N)cc2)c2nn(-c3ncccn3)c(=O)[nH]2)c(F)c(OC)c1OC. The first-order valence-corrected chi connectivity index (χ1v) is 11.7. The van der Waals surface area contributed by atoms with Crippen LogP contribution in [0.1, 0.15) is 35.4 Å². The van der Waals surface area contributed by atoms with Crippen LogP contribution in [-0.2, 0) is 11.2 Å². The van der Waals surface area contributed by atoms with E-state index in [1.807, 2.05) is 0 Å². The van der Waals surface area contributed by atoms with Gasteiger partial charge in [-0.25, -0.2) is 19.2 Å². The minimum Gasteiger partial charge on any atom is -0.493 e. The molecule has 210 valence electrons. The van der Waals surface area contributed by atoms with E-state index in [4.69, 9.17) is 35.3 Å². The van der Waals surface area contributed by atoms with Crippen molar-refractivity contribution in [1.29, 1.82) is 5.41 Å². The molecule has 13 nitrogen and oxygen atoms in total. The minimum absolute atomic E-state index is 0.0694. The summed E-state index contributed by atoms with van der Waals surface area (Å²) in [5, 5.41) is 19.4. The number of amidine groups is 1. The van der Waals surface area contributed by atoms with Crippen molar-refractivity contribution in [3.8, 4) is 23.2 Å². The van der Waals surface area contributed by atoms with Crippen molar-refractivity contribution in [2.24, 2.45) is 5.73 Å². The highest BCUT2D eigenvalue weighted by atomic mass is 19.1. The smallest absolute Gasteiger partial charge is 0.350 e. The summed E-state index contributed by atoms with van der Waals surface area (Å²) in [6.07, 6.45) is 3.20. The molecule has 0 aliphatic rings. The van der Waals surface area contributed by atoms with Crippen molar-refractivity contribution in [2.45, 2.75) is 19.3 Å². The molecular formula is C26H28FN7O6.